The maximum atomic E-state index is 5.64. The van der Waals surface area contributed by atoms with Crippen molar-refractivity contribution in [3.05, 3.63) is 29.8 Å². The third-order valence-electron chi connectivity index (χ3n) is 2.84. The molecule has 0 unspecified atom stereocenters. The van der Waals surface area contributed by atoms with Crippen LogP contribution in [0.1, 0.15) is 32.3 Å². The van der Waals surface area contributed by atoms with Gasteiger partial charge in [0.25, 0.3) is 0 Å². The lowest BCUT2D eigenvalue weighted by Crippen LogP contribution is -2.38. The highest BCUT2D eigenvalue weighted by molar-refractivity contribution is 5.79. The van der Waals surface area contributed by atoms with Gasteiger partial charge < -0.3 is 15.4 Å². The molecule has 0 aromatic heterocycles. The Morgan fingerprint density at radius 3 is 2.65 bits per heavy atom. The van der Waals surface area contributed by atoms with Crippen molar-refractivity contribution < 1.29 is 4.74 Å². The second-order valence-corrected chi connectivity index (χ2v) is 4.67. The molecule has 1 aromatic carbocycles. The van der Waals surface area contributed by atoms with Gasteiger partial charge in [-0.05, 0) is 37.0 Å². The minimum atomic E-state index is 0.773. The lowest BCUT2D eigenvalue weighted by molar-refractivity contribution is 0.317. The molecule has 0 fully saturated rings. The maximum absolute atomic E-state index is 5.64. The molecule has 0 bridgehead atoms. The van der Waals surface area contributed by atoms with Gasteiger partial charge in [-0.3, -0.25) is 4.99 Å². The fourth-order valence-corrected chi connectivity index (χ4v) is 1.80. The number of hydrogen-bond donors (Lipinski definition) is 2. The second-order valence-electron chi connectivity index (χ2n) is 4.67. The quantitative estimate of drug-likeness (QED) is 0.567. The topological polar surface area (TPSA) is 45.7 Å². The van der Waals surface area contributed by atoms with E-state index in [0.29, 0.717) is 0 Å². The number of aliphatic imine (C=N–C) groups is 1. The van der Waals surface area contributed by atoms with E-state index in [1.54, 1.807) is 7.05 Å². The number of hydrogen-bond acceptors (Lipinski definition) is 2. The molecule has 4 heteroatoms. The van der Waals surface area contributed by atoms with E-state index < -0.39 is 0 Å². The van der Waals surface area contributed by atoms with E-state index in [-0.39, 0.29) is 0 Å². The minimum Gasteiger partial charge on any atom is -0.494 e. The number of rotatable bonds is 8. The first-order chi connectivity index (χ1) is 9.80. The van der Waals surface area contributed by atoms with Crippen molar-refractivity contribution in [1.82, 2.24) is 10.6 Å². The summed E-state index contributed by atoms with van der Waals surface area (Å²) in [5, 5.41) is 6.57. The van der Waals surface area contributed by atoms with Crippen molar-refractivity contribution in [2.24, 2.45) is 4.99 Å². The highest BCUT2D eigenvalue weighted by atomic mass is 16.5. The fourth-order valence-electron chi connectivity index (χ4n) is 1.80. The maximum Gasteiger partial charge on any atom is 0.190 e. The molecule has 0 amide bonds. The van der Waals surface area contributed by atoms with Gasteiger partial charge in [-0.1, -0.05) is 26.0 Å². The molecule has 0 spiro atoms. The van der Waals surface area contributed by atoms with Gasteiger partial charge in [0.2, 0.25) is 0 Å². The number of nitrogens with zero attached hydrogens (tertiary/aromatic N) is 1. The number of ether oxygens (including phenoxy) is 1. The van der Waals surface area contributed by atoms with Crippen LogP contribution in [-0.2, 0) is 6.42 Å². The Labute approximate surface area is 122 Å². The molecule has 0 aliphatic carbocycles. The molecule has 20 heavy (non-hydrogen) atoms. The van der Waals surface area contributed by atoms with E-state index in [9.17, 15) is 0 Å². The highest BCUT2D eigenvalue weighted by Gasteiger charge is 1.99. The Morgan fingerprint density at radius 1 is 1.15 bits per heavy atom. The van der Waals surface area contributed by atoms with Crippen LogP contribution in [0.15, 0.2) is 29.3 Å². The first-order valence-electron chi connectivity index (χ1n) is 7.46. The van der Waals surface area contributed by atoms with Gasteiger partial charge in [-0.2, -0.15) is 0 Å². The van der Waals surface area contributed by atoms with Crippen LogP contribution in [0.5, 0.6) is 5.75 Å². The summed E-state index contributed by atoms with van der Waals surface area (Å²) in [6, 6.07) is 8.29. The van der Waals surface area contributed by atoms with Gasteiger partial charge in [0.1, 0.15) is 5.75 Å². The summed E-state index contributed by atoms with van der Waals surface area (Å²) >= 11 is 0. The summed E-state index contributed by atoms with van der Waals surface area (Å²) in [5.74, 6) is 1.82. The van der Waals surface area contributed by atoms with E-state index in [1.807, 2.05) is 12.1 Å². The van der Waals surface area contributed by atoms with Crippen molar-refractivity contribution in [2.45, 2.75) is 33.1 Å². The monoisotopic (exact) mass is 277 g/mol. The zero-order valence-corrected chi connectivity index (χ0v) is 12.9. The Hall–Kier alpha value is -1.71. The summed E-state index contributed by atoms with van der Waals surface area (Å²) < 4.78 is 5.64. The molecule has 0 aliphatic rings. The zero-order chi connectivity index (χ0) is 14.6. The van der Waals surface area contributed by atoms with E-state index in [4.69, 9.17) is 4.74 Å². The van der Waals surface area contributed by atoms with E-state index in [2.05, 4.69) is 41.6 Å². The normalized spacial score (nSPS) is 11.2. The minimum absolute atomic E-state index is 0.773. The summed E-state index contributed by atoms with van der Waals surface area (Å²) in [4.78, 5) is 4.18. The van der Waals surface area contributed by atoms with Crippen LogP contribution >= 0.6 is 0 Å². The van der Waals surface area contributed by atoms with Gasteiger partial charge in [-0.15, -0.1) is 0 Å². The molecule has 1 rings (SSSR count). The Morgan fingerprint density at radius 2 is 1.95 bits per heavy atom. The van der Waals surface area contributed by atoms with Crippen LogP contribution in [0.3, 0.4) is 0 Å². The third-order valence-corrected chi connectivity index (χ3v) is 2.84. The smallest absolute Gasteiger partial charge is 0.190 e. The van der Waals surface area contributed by atoms with Crippen molar-refractivity contribution in [1.29, 1.82) is 0 Å². The van der Waals surface area contributed by atoms with Crippen molar-refractivity contribution in [2.75, 3.05) is 26.7 Å². The van der Waals surface area contributed by atoms with Crippen molar-refractivity contribution in [3.8, 4) is 5.75 Å². The number of guanidine groups is 1. The molecule has 0 radical (unpaired) electrons. The summed E-state index contributed by atoms with van der Waals surface area (Å²) in [7, 11) is 1.80. The molecule has 1 aromatic rings. The predicted molar refractivity (Wildman–Crippen MR) is 85.6 cm³/mol. The zero-order valence-electron chi connectivity index (χ0n) is 12.9. The number of benzene rings is 1. The Balaban J connectivity index is 2.37. The molecule has 112 valence electrons. The molecule has 2 N–H and O–H groups in total. The van der Waals surface area contributed by atoms with Crippen LogP contribution in [0.2, 0.25) is 0 Å². The summed E-state index contributed by atoms with van der Waals surface area (Å²) in [5.41, 5.74) is 1.28. The fraction of sp³-hybridized carbons (Fsp3) is 0.562. The van der Waals surface area contributed by atoms with Crippen LogP contribution in [-0.4, -0.2) is 32.7 Å². The van der Waals surface area contributed by atoms with Crippen LogP contribution < -0.4 is 15.4 Å². The molecular weight excluding hydrogens is 250 g/mol. The standard InChI is InChI=1S/C16H27N3O/c1-4-10-18-16(17-3)19-11-9-14-7-6-8-15(13-14)20-12-5-2/h6-8,13H,4-5,9-12H2,1-3H3,(H2,17,18,19). The molecule has 0 aliphatic heterocycles. The van der Waals surface area contributed by atoms with Gasteiger partial charge in [0.15, 0.2) is 5.96 Å². The summed E-state index contributed by atoms with van der Waals surface area (Å²) in [6.07, 6.45) is 3.08. The molecule has 0 saturated heterocycles. The van der Waals surface area contributed by atoms with Crippen LogP contribution in [0, 0.1) is 0 Å². The average molecular weight is 277 g/mol. The Kier molecular flexibility index (Phi) is 8.27. The lowest BCUT2D eigenvalue weighted by Gasteiger charge is -2.11. The van der Waals surface area contributed by atoms with E-state index in [1.165, 1.54) is 5.56 Å². The average Bonchev–Trinajstić information content (AvgIpc) is 2.49. The van der Waals surface area contributed by atoms with E-state index >= 15 is 0 Å². The van der Waals surface area contributed by atoms with Crippen LogP contribution in [0.25, 0.3) is 0 Å². The lowest BCUT2D eigenvalue weighted by atomic mass is 10.1. The van der Waals surface area contributed by atoms with Gasteiger partial charge in [0.05, 0.1) is 6.61 Å². The molecule has 0 saturated carbocycles. The molecule has 0 heterocycles. The highest BCUT2D eigenvalue weighted by Crippen LogP contribution is 2.13. The van der Waals surface area contributed by atoms with Gasteiger partial charge >= 0.3 is 0 Å². The van der Waals surface area contributed by atoms with E-state index in [0.717, 1.165) is 50.7 Å². The van der Waals surface area contributed by atoms with Gasteiger partial charge in [-0.25, -0.2) is 0 Å². The SMILES string of the molecule is CCCNC(=NC)NCCc1cccc(OCCC)c1. The Bertz CT molecular complexity index is 404. The van der Waals surface area contributed by atoms with Crippen molar-refractivity contribution >= 4 is 5.96 Å². The first-order valence-corrected chi connectivity index (χ1v) is 7.46. The van der Waals surface area contributed by atoms with Crippen LogP contribution in [0.4, 0.5) is 0 Å². The third kappa shape index (κ3) is 6.45. The summed E-state index contributed by atoms with van der Waals surface area (Å²) in [6.45, 7) is 6.83. The molecule has 4 nitrogen and oxygen atoms in total. The first kappa shape index (κ1) is 16.3. The second kappa shape index (κ2) is 10.1. The van der Waals surface area contributed by atoms with Crippen molar-refractivity contribution in [3.63, 3.8) is 0 Å². The largest absolute Gasteiger partial charge is 0.494 e. The predicted octanol–water partition coefficient (Wildman–Crippen LogP) is 2.59. The molecular formula is C16H27N3O. The number of nitrogens with one attached hydrogen (secondary N) is 2. The van der Waals surface area contributed by atoms with Gasteiger partial charge in [0, 0.05) is 20.1 Å². The molecule has 0 atom stereocenters.